The summed E-state index contributed by atoms with van der Waals surface area (Å²) >= 11 is 0. The number of ether oxygens (including phenoxy) is 1. The highest BCUT2D eigenvalue weighted by Gasteiger charge is 2.23. The SMILES string of the molecule is CN=C(NCCn1cccc1)NCC(C)N1CCOCC1C.I. The van der Waals surface area contributed by atoms with E-state index in [9.17, 15) is 0 Å². The molecular weight excluding hydrogens is 405 g/mol. The van der Waals surface area contributed by atoms with Crippen molar-refractivity contribution in [2.45, 2.75) is 32.5 Å². The number of rotatable bonds is 6. The molecule has 1 aliphatic heterocycles. The van der Waals surface area contributed by atoms with Gasteiger partial charge in [0.2, 0.25) is 0 Å². The van der Waals surface area contributed by atoms with Crippen LogP contribution >= 0.6 is 24.0 Å². The summed E-state index contributed by atoms with van der Waals surface area (Å²) in [6, 6.07) is 5.02. The molecular formula is C16H30IN5O. The molecule has 1 aliphatic rings. The van der Waals surface area contributed by atoms with Crippen molar-refractivity contribution in [3.63, 3.8) is 0 Å². The van der Waals surface area contributed by atoms with E-state index in [1.807, 2.05) is 19.2 Å². The number of nitrogens with one attached hydrogen (secondary N) is 2. The second-order valence-corrected chi connectivity index (χ2v) is 5.81. The molecule has 2 unspecified atom stereocenters. The van der Waals surface area contributed by atoms with E-state index < -0.39 is 0 Å². The third kappa shape index (κ3) is 6.68. The fourth-order valence-electron chi connectivity index (χ4n) is 2.80. The van der Waals surface area contributed by atoms with Crippen LogP contribution in [0.3, 0.4) is 0 Å². The van der Waals surface area contributed by atoms with Crippen molar-refractivity contribution < 1.29 is 4.74 Å². The summed E-state index contributed by atoms with van der Waals surface area (Å²) in [4.78, 5) is 6.77. The second kappa shape index (κ2) is 10.9. The van der Waals surface area contributed by atoms with Gasteiger partial charge in [0.25, 0.3) is 0 Å². The maximum atomic E-state index is 5.50. The third-order valence-electron chi connectivity index (χ3n) is 4.10. The molecule has 0 amide bonds. The van der Waals surface area contributed by atoms with E-state index in [1.165, 1.54) is 0 Å². The van der Waals surface area contributed by atoms with Crippen LogP contribution in [0.4, 0.5) is 0 Å². The van der Waals surface area contributed by atoms with Crippen LogP contribution in [-0.2, 0) is 11.3 Å². The first-order chi connectivity index (χ1) is 10.7. The molecule has 1 saturated heterocycles. The molecule has 6 nitrogen and oxygen atoms in total. The lowest BCUT2D eigenvalue weighted by Gasteiger charge is -2.38. The van der Waals surface area contributed by atoms with Crippen molar-refractivity contribution >= 4 is 29.9 Å². The number of hydrogen-bond acceptors (Lipinski definition) is 3. The predicted octanol–water partition coefficient (Wildman–Crippen LogP) is 1.38. The lowest BCUT2D eigenvalue weighted by atomic mass is 10.2. The number of hydrogen-bond donors (Lipinski definition) is 2. The molecule has 23 heavy (non-hydrogen) atoms. The summed E-state index contributed by atoms with van der Waals surface area (Å²) in [5.41, 5.74) is 0. The number of aliphatic imine (C=N–C) groups is 1. The van der Waals surface area contributed by atoms with Crippen molar-refractivity contribution in [2.24, 2.45) is 4.99 Å². The molecule has 2 rings (SSSR count). The highest BCUT2D eigenvalue weighted by molar-refractivity contribution is 14.0. The minimum absolute atomic E-state index is 0. The molecule has 1 aromatic heterocycles. The molecule has 2 heterocycles. The van der Waals surface area contributed by atoms with Gasteiger partial charge in [-0.2, -0.15) is 0 Å². The van der Waals surface area contributed by atoms with Crippen LogP contribution in [0, 0.1) is 0 Å². The van der Waals surface area contributed by atoms with Gasteiger partial charge in [0.1, 0.15) is 0 Å². The first-order valence-electron chi connectivity index (χ1n) is 8.09. The molecule has 7 heteroatoms. The van der Waals surface area contributed by atoms with E-state index in [0.29, 0.717) is 12.1 Å². The smallest absolute Gasteiger partial charge is 0.191 e. The van der Waals surface area contributed by atoms with Gasteiger partial charge in [-0.25, -0.2) is 0 Å². The van der Waals surface area contributed by atoms with Crippen LogP contribution in [-0.4, -0.2) is 67.4 Å². The topological polar surface area (TPSA) is 53.8 Å². The minimum Gasteiger partial charge on any atom is -0.379 e. The molecule has 0 bridgehead atoms. The maximum absolute atomic E-state index is 5.50. The van der Waals surface area contributed by atoms with Gasteiger partial charge in [-0.15, -0.1) is 24.0 Å². The lowest BCUT2D eigenvalue weighted by Crippen LogP contribution is -2.53. The van der Waals surface area contributed by atoms with E-state index in [2.05, 4.69) is 51.3 Å². The summed E-state index contributed by atoms with van der Waals surface area (Å²) in [5, 5.41) is 6.77. The average molecular weight is 435 g/mol. The largest absolute Gasteiger partial charge is 0.379 e. The van der Waals surface area contributed by atoms with Gasteiger partial charge in [0.05, 0.1) is 13.2 Å². The van der Waals surface area contributed by atoms with Crippen molar-refractivity contribution in [3.8, 4) is 0 Å². The first-order valence-corrected chi connectivity index (χ1v) is 8.09. The first kappa shape index (κ1) is 20.2. The van der Waals surface area contributed by atoms with Crippen LogP contribution in [0.2, 0.25) is 0 Å². The molecule has 1 fully saturated rings. The monoisotopic (exact) mass is 435 g/mol. The Morgan fingerprint density at radius 1 is 1.35 bits per heavy atom. The Hall–Kier alpha value is -0.800. The molecule has 2 atom stereocenters. The molecule has 0 spiro atoms. The van der Waals surface area contributed by atoms with E-state index in [0.717, 1.165) is 45.4 Å². The summed E-state index contributed by atoms with van der Waals surface area (Å²) in [5.74, 6) is 0.861. The fourth-order valence-corrected chi connectivity index (χ4v) is 2.80. The summed E-state index contributed by atoms with van der Waals surface area (Å²) < 4.78 is 7.65. The molecule has 2 N–H and O–H groups in total. The number of aromatic nitrogens is 1. The standard InChI is InChI=1S/C16H29N5O.HI/c1-14(21-10-11-22-13-15(21)2)12-19-16(17-3)18-6-9-20-7-4-5-8-20;/h4-5,7-8,14-15H,6,9-13H2,1-3H3,(H2,17,18,19);1H. The second-order valence-electron chi connectivity index (χ2n) is 5.81. The normalized spacial score (nSPS) is 20.7. The zero-order valence-electron chi connectivity index (χ0n) is 14.4. The van der Waals surface area contributed by atoms with Crippen LogP contribution in [0.1, 0.15) is 13.8 Å². The van der Waals surface area contributed by atoms with Gasteiger partial charge < -0.3 is 19.9 Å². The Balaban J connectivity index is 0.00000264. The molecule has 0 aromatic carbocycles. The predicted molar refractivity (Wildman–Crippen MR) is 106 cm³/mol. The van der Waals surface area contributed by atoms with Crippen LogP contribution in [0.25, 0.3) is 0 Å². The molecule has 0 aliphatic carbocycles. The Bertz CT molecular complexity index is 451. The zero-order chi connectivity index (χ0) is 15.8. The highest BCUT2D eigenvalue weighted by Crippen LogP contribution is 2.09. The van der Waals surface area contributed by atoms with Crippen molar-refractivity contribution in [1.82, 2.24) is 20.1 Å². The number of morpholine rings is 1. The summed E-state index contributed by atoms with van der Waals surface area (Å²) in [7, 11) is 1.81. The lowest BCUT2D eigenvalue weighted by molar-refractivity contribution is -0.0174. The Kier molecular flexibility index (Phi) is 9.57. The highest BCUT2D eigenvalue weighted by atomic mass is 127. The molecule has 132 valence electrons. The van der Waals surface area contributed by atoms with Crippen LogP contribution in [0.15, 0.2) is 29.5 Å². The number of halogens is 1. The Morgan fingerprint density at radius 2 is 2.09 bits per heavy atom. The van der Waals surface area contributed by atoms with E-state index in [4.69, 9.17) is 4.74 Å². The Morgan fingerprint density at radius 3 is 2.74 bits per heavy atom. The average Bonchev–Trinajstić information content (AvgIpc) is 3.04. The molecule has 0 saturated carbocycles. The van der Waals surface area contributed by atoms with Crippen molar-refractivity contribution in [1.29, 1.82) is 0 Å². The number of nitrogens with zero attached hydrogens (tertiary/aromatic N) is 3. The Labute approximate surface area is 156 Å². The van der Waals surface area contributed by atoms with Gasteiger partial charge in [-0.3, -0.25) is 9.89 Å². The van der Waals surface area contributed by atoms with Crippen molar-refractivity contribution in [2.75, 3.05) is 39.9 Å². The van der Waals surface area contributed by atoms with E-state index in [-0.39, 0.29) is 24.0 Å². The van der Waals surface area contributed by atoms with Crippen LogP contribution in [0.5, 0.6) is 0 Å². The fraction of sp³-hybridized carbons (Fsp3) is 0.688. The zero-order valence-corrected chi connectivity index (χ0v) is 16.7. The molecule has 1 aromatic rings. The summed E-state index contributed by atoms with van der Waals surface area (Å²) in [6.45, 7) is 9.81. The number of guanidine groups is 1. The quantitative estimate of drug-likeness (QED) is 0.403. The van der Waals surface area contributed by atoms with Crippen molar-refractivity contribution in [3.05, 3.63) is 24.5 Å². The van der Waals surface area contributed by atoms with Gasteiger partial charge >= 0.3 is 0 Å². The molecule has 0 radical (unpaired) electrons. The van der Waals surface area contributed by atoms with Gasteiger partial charge in [-0.1, -0.05) is 0 Å². The van der Waals surface area contributed by atoms with Gasteiger partial charge in [0, 0.05) is 57.7 Å². The van der Waals surface area contributed by atoms with Gasteiger partial charge in [-0.05, 0) is 26.0 Å². The maximum Gasteiger partial charge on any atom is 0.191 e. The van der Waals surface area contributed by atoms with E-state index >= 15 is 0 Å². The third-order valence-corrected chi connectivity index (χ3v) is 4.10. The van der Waals surface area contributed by atoms with Gasteiger partial charge in [0.15, 0.2) is 5.96 Å². The minimum atomic E-state index is 0. The van der Waals surface area contributed by atoms with Crippen LogP contribution < -0.4 is 10.6 Å². The van der Waals surface area contributed by atoms with E-state index in [1.54, 1.807) is 0 Å². The summed E-state index contributed by atoms with van der Waals surface area (Å²) in [6.07, 6.45) is 4.14.